The summed E-state index contributed by atoms with van der Waals surface area (Å²) in [4.78, 5) is 14.0. The van der Waals surface area contributed by atoms with Crippen LogP contribution in [0.3, 0.4) is 0 Å². The van der Waals surface area contributed by atoms with Crippen molar-refractivity contribution in [2.45, 2.75) is 20.8 Å². The zero-order valence-corrected chi connectivity index (χ0v) is 15.1. The molecule has 0 saturated heterocycles. The zero-order valence-electron chi connectivity index (χ0n) is 13.5. The highest BCUT2D eigenvalue weighted by Crippen LogP contribution is 2.31. The molecule has 2 aromatic heterocycles. The first-order chi connectivity index (χ1) is 11.4. The van der Waals surface area contributed by atoms with Crippen LogP contribution in [0.1, 0.15) is 16.1 Å². The van der Waals surface area contributed by atoms with Crippen LogP contribution in [-0.4, -0.2) is 15.0 Å². The van der Waals surface area contributed by atoms with Crippen LogP contribution >= 0.6 is 22.9 Å². The minimum Gasteiger partial charge on any atom is -0.393 e. The third-order valence-corrected chi connectivity index (χ3v) is 4.80. The van der Waals surface area contributed by atoms with E-state index in [1.165, 1.54) is 6.33 Å². The van der Waals surface area contributed by atoms with Crippen LogP contribution < -0.4 is 16.4 Å². The fraction of sp³-hybridized carbons (Fsp3) is 0.188. The van der Waals surface area contributed by atoms with Gasteiger partial charge in [-0.25, -0.2) is 15.0 Å². The fourth-order valence-corrected chi connectivity index (χ4v) is 3.16. The number of aromatic nitrogens is 3. The van der Waals surface area contributed by atoms with Crippen LogP contribution in [0.15, 0.2) is 24.5 Å². The number of hydrogen-bond acceptors (Lipinski definition) is 7. The molecule has 0 aliphatic heterocycles. The van der Waals surface area contributed by atoms with Gasteiger partial charge in [-0.3, -0.25) is 0 Å². The maximum absolute atomic E-state index is 6.20. The van der Waals surface area contributed by atoms with Crippen LogP contribution in [0.4, 0.5) is 28.1 Å². The summed E-state index contributed by atoms with van der Waals surface area (Å²) in [7, 11) is 0. The quantitative estimate of drug-likeness (QED) is 0.631. The third kappa shape index (κ3) is 3.42. The molecule has 8 heteroatoms. The second-order valence-corrected chi connectivity index (χ2v) is 6.99. The van der Waals surface area contributed by atoms with Crippen molar-refractivity contribution in [3.63, 3.8) is 0 Å². The smallest absolute Gasteiger partial charge is 0.188 e. The van der Waals surface area contributed by atoms with Gasteiger partial charge in [0.25, 0.3) is 0 Å². The average Bonchev–Trinajstić information content (AvgIpc) is 2.84. The number of nitrogens with one attached hydrogen (secondary N) is 2. The lowest BCUT2D eigenvalue weighted by atomic mass is 10.2. The molecule has 0 aliphatic carbocycles. The Balaban J connectivity index is 1.87. The Bertz CT molecular complexity index is 873. The summed E-state index contributed by atoms with van der Waals surface area (Å²) in [5.41, 5.74) is 9.51. The number of thiazole rings is 1. The van der Waals surface area contributed by atoms with Crippen molar-refractivity contribution in [2.75, 3.05) is 16.4 Å². The van der Waals surface area contributed by atoms with Crippen molar-refractivity contribution in [1.82, 2.24) is 15.0 Å². The fourth-order valence-electron chi connectivity index (χ4n) is 2.12. The molecule has 24 heavy (non-hydrogen) atoms. The molecular weight excluding hydrogens is 344 g/mol. The van der Waals surface area contributed by atoms with E-state index < -0.39 is 0 Å². The van der Waals surface area contributed by atoms with Gasteiger partial charge < -0.3 is 16.4 Å². The van der Waals surface area contributed by atoms with Gasteiger partial charge in [-0.2, -0.15) is 0 Å². The number of anilines is 5. The summed E-state index contributed by atoms with van der Waals surface area (Å²) >= 11 is 7.55. The summed E-state index contributed by atoms with van der Waals surface area (Å²) < 4.78 is 0. The predicted octanol–water partition coefficient (Wildman–Crippen LogP) is 4.58. The molecule has 124 valence electrons. The molecule has 3 rings (SSSR count). The number of aryl methyl sites for hydroxylation is 3. The number of halogens is 1. The van der Waals surface area contributed by atoms with Gasteiger partial charge in [0.2, 0.25) is 0 Å². The normalized spacial score (nSPS) is 10.7. The van der Waals surface area contributed by atoms with Gasteiger partial charge in [0.15, 0.2) is 16.8 Å². The molecule has 0 fully saturated rings. The average molecular weight is 361 g/mol. The molecular formula is C16H17ClN6S. The molecule has 0 saturated carbocycles. The van der Waals surface area contributed by atoms with E-state index in [4.69, 9.17) is 17.3 Å². The lowest BCUT2D eigenvalue weighted by molar-refractivity contribution is 1.16. The van der Waals surface area contributed by atoms with Crippen molar-refractivity contribution >= 4 is 51.1 Å². The molecule has 0 spiro atoms. The van der Waals surface area contributed by atoms with Crippen molar-refractivity contribution in [1.29, 1.82) is 0 Å². The van der Waals surface area contributed by atoms with E-state index in [-0.39, 0.29) is 0 Å². The van der Waals surface area contributed by atoms with Crippen molar-refractivity contribution in [3.8, 4) is 0 Å². The van der Waals surface area contributed by atoms with Gasteiger partial charge in [-0.05, 0) is 44.5 Å². The molecule has 0 radical (unpaired) electrons. The topological polar surface area (TPSA) is 88.8 Å². The lowest BCUT2D eigenvalue weighted by Gasteiger charge is -2.13. The molecule has 0 aliphatic rings. The second-order valence-electron chi connectivity index (χ2n) is 5.35. The number of nitrogens with two attached hydrogens (primary N) is 1. The van der Waals surface area contributed by atoms with Gasteiger partial charge in [0.1, 0.15) is 12.0 Å². The zero-order chi connectivity index (χ0) is 17.3. The van der Waals surface area contributed by atoms with Crippen molar-refractivity contribution in [2.24, 2.45) is 0 Å². The molecule has 6 nitrogen and oxygen atoms in total. The van der Waals surface area contributed by atoms with Gasteiger partial charge in [-0.1, -0.05) is 11.6 Å². The standard InChI is InChI=1S/C16H17ClN6S/c1-8-6-11(17)4-5-12(8)22-14-13(18)15(20-7-19-14)23-16-21-9(2)10(3)24-16/h4-7H,18H2,1-3H3,(H2,19,20,21,22,23). The summed E-state index contributed by atoms with van der Waals surface area (Å²) in [6.45, 7) is 5.96. The summed E-state index contributed by atoms with van der Waals surface area (Å²) in [6.07, 6.45) is 1.46. The number of hydrogen-bond donors (Lipinski definition) is 3. The lowest BCUT2D eigenvalue weighted by Crippen LogP contribution is -2.05. The third-order valence-electron chi connectivity index (χ3n) is 3.58. The highest BCUT2D eigenvalue weighted by atomic mass is 35.5. The van der Waals surface area contributed by atoms with Gasteiger partial charge in [0, 0.05) is 15.6 Å². The van der Waals surface area contributed by atoms with E-state index in [1.807, 2.05) is 39.0 Å². The molecule has 0 amide bonds. The van der Waals surface area contributed by atoms with E-state index in [0.717, 1.165) is 27.0 Å². The highest BCUT2D eigenvalue weighted by molar-refractivity contribution is 7.15. The minimum atomic E-state index is 0.428. The van der Waals surface area contributed by atoms with Crippen LogP contribution in [0.5, 0.6) is 0 Å². The van der Waals surface area contributed by atoms with E-state index in [1.54, 1.807) is 11.3 Å². The Hall–Kier alpha value is -2.38. The number of nitrogens with zero attached hydrogens (tertiary/aromatic N) is 3. The first kappa shape index (κ1) is 16.5. The number of benzene rings is 1. The van der Waals surface area contributed by atoms with Crippen LogP contribution in [0.2, 0.25) is 5.02 Å². The summed E-state index contributed by atoms with van der Waals surface area (Å²) in [5.74, 6) is 1.05. The molecule has 1 aromatic carbocycles. The molecule has 3 aromatic rings. The monoisotopic (exact) mass is 360 g/mol. The molecule has 0 unspecified atom stereocenters. The maximum Gasteiger partial charge on any atom is 0.188 e. The van der Waals surface area contributed by atoms with Crippen LogP contribution in [-0.2, 0) is 0 Å². The first-order valence-corrected chi connectivity index (χ1v) is 8.48. The Morgan fingerprint density at radius 3 is 2.42 bits per heavy atom. The van der Waals surface area contributed by atoms with E-state index in [9.17, 15) is 0 Å². The summed E-state index contributed by atoms with van der Waals surface area (Å²) in [5, 5.41) is 7.81. The molecule has 0 atom stereocenters. The maximum atomic E-state index is 6.20. The second kappa shape index (κ2) is 6.62. The number of nitrogen functional groups attached to an aromatic ring is 1. The Morgan fingerprint density at radius 1 is 1.08 bits per heavy atom. The van der Waals surface area contributed by atoms with Crippen molar-refractivity contribution in [3.05, 3.63) is 45.7 Å². The molecule has 2 heterocycles. The largest absolute Gasteiger partial charge is 0.393 e. The predicted molar refractivity (Wildman–Crippen MR) is 101 cm³/mol. The van der Waals surface area contributed by atoms with Gasteiger partial charge >= 0.3 is 0 Å². The highest BCUT2D eigenvalue weighted by Gasteiger charge is 2.12. The Morgan fingerprint density at radius 2 is 1.79 bits per heavy atom. The van der Waals surface area contributed by atoms with Crippen LogP contribution in [0, 0.1) is 20.8 Å². The van der Waals surface area contributed by atoms with Crippen LogP contribution in [0.25, 0.3) is 0 Å². The Labute approximate surface area is 149 Å². The first-order valence-electron chi connectivity index (χ1n) is 7.28. The van der Waals surface area contributed by atoms with Gasteiger partial charge in [0.05, 0.1) is 5.69 Å². The molecule has 0 bridgehead atoms. The number of rotatable bonds is 4. The van der Waals surface area contributed by atoms with Crippen molar-refractivity contribution < 1.29 is 0 Å². The molecule has 4 N–H and O–H groups in total. The van der Waals surface area contributed by atoms with E-state index in [0.29, 0.717) is 22.3 Å². The Kier molecular flexibility index (Phi) is 4.55. The van der Waals surface area contributed by atoms with E-state index >= 15 is 0 Å². The summed E-state index contributed by atoms with van der Waals surface area (Å²) in [6, 6.07) is 5.58. The SMILES string of the molecule is Cc1cc(Cl)ccc1Nc1ncnc(Nc2nc(C)c(C)s2)c1N. The minimum absolute atomic E-state index is 0.428. The van der Waals surface area contributed by atoms with Gasteiger partial charge in [-0.15, -0.1) is 11.3 Å². The van der Waals surface area contributed by atoms with E-state index in [2.05, 4.69) is 25.6 Å².